The van der Waals surface area contributed by atoms with Crippen molar-refractivity contribution >= 4 is 28.6 Å². The molecule has 0 saturated heterocycles. The number of halogens is 1. The molecule has 0 aliphatic rings. The Bertz CT molecular complexity index is 497. The molecule has 1 aromatic carbocycles. The van der Waals surface area contributed by atoms with E-state index in [0.29, 0.717) is 6.61 Å². The lowest BCUT2D eigenvalue weighted by molar-refractivity contribution is -0.137. The van der Waals surface area contributed by atoms with E-state index in [2.05, 4.69) is 22.6 Å². The number of carbonyl (C=O) groups excluding carboxylic acids is 1. The van der Waals surface area contributed by atoms with Gasteiger partial charge in [-0.05, 0) is 61.1 Å². The molecule has 0 fully saturated rings. The largest absolute Gasteiger partial charge is 0.496 e. The van der Waals surface area contributed by atoms with Crippen LogP contribution in [0.4, 0.5) is 0 Å². The first-order valence-electron chi connectivity index (χ1n) is 6.33. The van der Waals surface area contributed by atoms with E-state index < -0.39 is 0 Å². The normalized spacial score (nSPS) is 12.8. The van der Waals surface area contributed by atoms with Crippen LogP contribution >= 0.6 is 22.6 Å². The molecule has 20 heavy (non-hydrogen) atoms. The quantitative estimate of drug-likeness (QED) is 0.423. The lowest BCUT2D eigenvalue weighted by Gasteiger charge is -2.17. The van der Waals surface area contributed by atoms with Crippen LogP contribution in [0.25, 0.3) is 0 Å². The Labute approximate surface area is 133 Å². The van der Waals surface area contributed by atoms with Crippen molar-refractivity contribution in [2.45, 2.75) is 26.9 Å². The highest BCUT2D eigenvalue weighted by molar-refractivity contribution is 14.1. The molecule has 1 rings (SSSR count). The van der Waals surface area contributed by atoms with Gasteiger partial charge in [0.15, 0.2) is 0 Å². The molecule has 0 heterocycles. The molecule has 4 nitrogen and oxygen atoms in total. The van der Waals surface area contributed by atoms with Gasteiger partial charge in [-0.15, -0.1) is 0 Å². The van der Waals surface area contributed by atoms with Gasteiger partial charge in [0.2, 0.25) is 0 Å². The fourth-order valence-corrected chi connectivity index (χ4v) is 2.22. The summed E-state index contributed by atoms with van der Waals surface area (Å²) in [6, 6.07) is 5.62. The molecular formula is C15H19IO4. The Morgan fingerprint density at radius 1 is 1.40 bits per heavy atom. The second-order valence-corrected chi connectivity index (χ2v) is 5.25. The van der Waals surface area contributed by atoms with Crippen LogP contribution < -0.4 is 9.47 Å². The van der Waals surface area contributed by atoms with Crippen molar-refractivity contribution in [1.82, 2.24) is 0 Å². The number of carbonyl (C=O) groups is 1. The molecule has 0 aliphatic heterocycles. The maximum atomic E-state index is 11.4. The minimum atomic E-state index is -0.346. The molecule has 5 heteroatoms. The lowest BCUT2D eigenvalue weighted by Crippen LogP contribution is -2.15. The van der Waals surface area contributed by atoms with E-state index in [1.807, 2.05) is 32.0 Å². The molecule has 0 radical (unpaired) electrons. The van der Waals surface area contributed by atoms with Gasteiger partial charge in [-0.1, -0.05) is 6.07 Å². The highest BCUT2D eigenvalue weighted by Crippen LogP contribution is 2.31. The summed E-state index contributed by atoms with van der Waals surface area (Å²) < 4.78 is 16.9. The zero-order valence-corrected chi connectivity index (χ0v) is 14.3. The molecule has 0 amide bonds. The number of methoxy groups -OCH3 is 1. The van der Waals surface area contributed by atoms with Gasteiger partial charge in [0.05, 0.1) is 17.3 Å². The smallest absolute Gasteiger partial charge is 0.330 e. The maximum absolute atomic E-state index is 11.4. The predicted octanol–water partition coefficient (Wildman–Crippen LogP) is 3.58. The first-order valence-corrected chi connectivity index (χ1v) is 7.41. The van der Waals surface area contributed by atoms with Crippen LogP contribution in [0.1, 0.15) is 20.8 Å². The summed E-state index contributed by atoms with van der Waals surface area (Å²) in [6.45, 7) is 5.88. The van der Waals surface area contributed by atoms with Crippen LogP contribution in [-0.2, 0) is 9.53 Å². The molecule has 0 saturated carbocycles. The molecule has 0 aromatic heterocycles. The van der Waals surface area contributed by atoms with E-state index in [1.165, 1.54) is 6.08 Å². The summed E-state index contributed by atoms with van der Waals surface area (Å²) >= 11 is 2.18. The fourth-order valence-electron chi connectivity index (χ4n) is 1.51. The summed E-state index contributed by atoms with van der Waals surface area (Å²) in [5.41, 5.74) is 0.807. The van der Waals surface area contributed by atoms with E-state index >= 15 is 0 Å². The lowest BCUT2D eigenvalue weighted by atomic mass is 10.2. The first kappa shape index (κ1) is 16.8. The summed E-state index contributed by atoms with van der Waals surface area (Å²) in [4.78, 5) is 11.4. The Hall–Kier alpha value is -1.24. The van der Waals surface area contributed by atoms with Gasteiger partial charge in [-0.3, -0.25) is 0 Å². The summed E-state index contributed by atoms with van der Waals surface area (Å²) in [5.74, 6) is 1.15. The average molecular weight is 390 g/mol. The van der Waals surface area contributed by atoms with E-state index in [-0.39, 0.29) is 12.1 Å². The summed E-state index contributed by atoms with van der Waals surface area (Å²) in [7, 11) is 1.62. The van der Waals surface area contributed by atoms with Crippen LogP contribution in [0.2, 0.25) is 0 Å². The van der Waals surface area contributed by atoms with Crippen LogP contribution in [0, 0.1) is 3.57 Å². The number of hydrogen-bond acceptors (Lipinski definition) is 4. The van der Waals surface area contributed by atoms with Crippen molar-refractivity contribution in [3.63, 3.8) is 0 Å². The third-order valence-electron chi connectivity index (χ3n) is 2.72. The SMILES string of the molecule is CCOC(=O)/C=C(\C)[C@@H](C)Oc1cccc(OC)c1I. The molecule has 0 unspecified atom stereocenters. The number of benzene rings is 1. The Morgan fingerprint density at radius 2 is 2.05 bits per heavy atom. The van der Waals surface area contributed by atoms with Gasteiger partial charge >= 0.3 is 5.97 Å². The number of hydrogen-bond donors (Lipinski definition) is 0. The standard InChI is InChI=1S/C15H19IO4/c1-5-19-14(17)9-10(2)11(3)20-13-8-6-7-12(18-4)15(13)16/h6-9,11H,5H2,1-4H3/b10-9+/t11-/m1/s1. The van der Waals surface area contributed by atoms with Crippen molar-refractivity contribution < 1.29 is 19.0 Å². The third kappa shape index (κ3) is 4.70. The van der Waals surface area contributed by atoms with Crippen molar-refractivity contribution in [2.24, 2.45) is 0 Å². The molecule has 0 bridgehead atoms. The van der Waals surface area contributed by atoms with Crippen molar-refractivity contribution in [3.8, 4) is 11.5 Å². The number of esters is 1. The number of rotatable bonds is 6. The molecule has 0 N–H and O–H groups in total. The van der Waals surface area contributed by atoms with Crippen LogP contribution in [0.3, 0.4) is 0 Å². The van der Waals surface area contributed by atoms with E-state index in [0.717, 1.165) is 20.6 Å². The fraction of sp³-hybridized carbons (Fsp3) is 0.400. The van der Waals surface area contributed by atoms with Gasteiger partial charge in [-0.25, -0.2) is 4.79 Å². The maximum Gasteiger partial charge on any atom is 0.330 e. The molecule has 110 valence electrons. The molecule has 0 aliphatic carbocycles. The Kier molecular flexibility index (Phi) is 6.84. The predicted molar refractivity (Wildman–Crippen MR) is 86.2 cm³/mol. The van der Waals surface area contributed by atoms with Crippen molar-refractivity contribution in [2.75, 3.05) is 13.7 Å². The van der Waals surface area contributed by atoms with Crippen LogP contribution in [0.5, 0.6) is 11.5 Å². The highest BCUT2D eigenvalue weighted by atomic mass is 127. The summed E-state index contributed by atoms with van der Waals surface area (Å²) in [6.07, 6.45) is 1.24. The Balaban J connectivity index is 2.80. The zero-order chi connectivity index (χ0) is 15.1. The minimum absolute atomic E-state index is 0.222. The zero-order valence-electron chi connectivity index (χ0n) is 12.1. The molecule has 1 atom stereocenters. The summed E-state index contributed by atoms with van der Waals surface area (Å²) in [5, 5.41) is 0. The first-order chi connectivity index (χ1) is 9.49. The Morgan fingerprint density at radius 3 is 2.65 bits per heavy atom. The monoisotopic (exact) mass is 390 g/mol. The van der Waals surface area contributed by atoms with Gasteiger partial charge < -0.3 is 14.2 Å². The second kappa shape index (κ2) is 8.14. The second-order valence-electron chi connectivity index (χ2n) is 4.17. The van der Waals surface area contributed by atoms with Crippen LogP contribution in [-0.4, -0.2) is 25.8 Å². The van der Waals surface area contributed by atoms with Gasteiger partial charge in [0, 0.05) is 6.08 Å². The average Bonchev–Trinajstić information content (AvgIpc) is 2.41. The molecule has 1 aromatic rings. The third-order valence-corrected chi connectivity index (χ3v) is 3.79. The van der Waals surface area contributed by atoms with E-state index in [9.17, 15) is 4.79 Å². The van der Waals surface area contributed by atoms with Gasteiger partial charge in [0.25, 0.3) is 0 Å². The minimum Gasteiger partial charge on any atom is -0.496 e. The van der Waals surface area contributed by atoms with Gasteiger partial charge in [-0.2, -0.15) is 0 Å². The molecule has 0 spiro atoms. The highest BCUT2D eigenvalue weighted by Gasteiger charge is 2.13. The van der Waals surface area contributed by atoms with Gasteiger partial charge in [0.1, 0.15) is 17.6 Å². The van der Waals surface area contributed by atoms with Crippen molar-refractivity contribution in [3.05, 3.63) is 33.4 Å². The van der Waals surface area contributed by atoms with E-state index in [1.54, 1.807) is 14.0 Å². The molecular weight excluding hydrogens is 371 g/mol. The van der Waals surface area contributed by atoms with E-state index in [4.69, 9.17) is 14.2 Å². The topological polar surface area (TPSA) is 44.8 Å². The van der Waals surface area contributed by atoms with Crippen molar-refractivity contribution in [1.29, 1.82) is 0 Å². The van der Waals surface area contributed by atoms with Crippen LogP contribution in [0.15, 0.2) is 29.8 Å². The number of ether oxygens (including phenoxy) is 3.